The van der Waals surface area contributed by atoms with Crippen LogP contribution in [0.2, 0.25) is 10.0 Å². The summed E-state index contributed by atoms with van der Waals surface area (Å²) in [7, 11) is -3.80. The average Bonchev–Trinajstić information content (AvgIpc) is 2.39. The second-order valence-corrected chi connectivity index (χ2v) is 6.96. The van der Waals surface area contributed by atoms with E-state index in [2.05, 4.69) is 4.72 Å². The molecule has 21 heavy (non-hydrogen) atoms. The number of anilines is 1. The highest BCUT2D eigenvalue weighted by molar-refractivity contribution is 7.89. The van der Waals surface area contributed by atoms with Gasteiger partial charge in [-0.25, -0.2) is 13.1 Å². The molecular formula is C13H12Cl2N2O3S. The van der Waals surface area contributed by atoms with Crippen molar-refractivity contribution in [2.24, 2.45) is 0 Å². The number of rotatable bonds is 4. The Hall–Kier alpha value is -1.47. The molecule has 0 heterocycles. The Morgan fingerprint density at radius 2 is 1.71 bits per heavy atom. The predicted molar refractivity (Wildman–Crippen MR) is 83.0 cm³/mol. The predicted octanol–water partition coefficient (Wildman–Crippen LogP) is 2.76. The number of nitrogens with two attached hydrogens (primary N) is 1. The molecule has 0 aliphatic rings. The van der Waals surface area contributed by atoms with Gasteiger partial charge in [0.15, 0.2) is 0 Å². The Bertz CT molecular complexity index is 759. The van der Waals surface area contributed by atoms with Gasteiger partial charge in [0.2, 0.25) is 10.0 Å². The van der Waals surface area contributed by atoms with Crippen LogP contribution >= 0.6 is 23.2 Å². The number of nitrogens with one attached hydrogen (secondary N) is 1. The van der Waals surface area contributed by atoms with Crippen molar-refractivity contribution < 1.29 is 13.5 Å². The second kappa shape index (κ2) is 6.11. The molecule has 0 saturated heterocycles. The number of phenols is 1. The zero-order chi connectivity index (χ0) is 15.6. The summed E-state index contributed by atoms with van der Waals surface area (Å²) in [5.41, 5.74) is 6.39. The summed E-state index contributed by atoms with van der Waals surface area (Å²) in [5, 5.41) is 10.1. The van der Waals surface area contributed by atoms with Gasteiger partial charge in [-0.05, 0) is 36.4 Å². The molecule has 0 bridgehead atoms. The first kappa shape index (κ1) is 15.9. The molecule has 0 aliphatic carbocycles. The van der Waals surface area contributed by atoms with Crippen LogP contribution in [0, 0.1) is 0 Å². The van der Waals surface area contributed by atoms with Crippen LogP contribution in [0.4, 0.5) is 5.69 Å². The molecular weight excluding hydrogens is 335 g/mol. The second-order valence-electron chi connectivity index (χ2n) is 4.32. The highest BCUT2D eigenvalue weighted by Crippen LogP contribution is 2.23. The molecule has 0 amide bonds. The summed E-state index contributed by atoms with van der Waals surface area (Å²) in [5.74, 6) is -0.0453. The highest BCUT2D eigenvalue weighted by atomic mass is 35.5. The maximum Gasteiger partial charge on any atom is 0.240 e. The highest BCUT2D eigenvalue weighted by Gasteiger charge is 2.16. The van der Waals surface area contributed by atoms with Crippen LogP contribution in [0.15, 0.2) is 41.3 Å². The first-order valence-corrected chi connectivity index (χ1v) is 8.05. The summed E-state index contributed by atoms with van der Waals surface area (Å²) >= 11 is 11.6. The fourth-order valence-corrected chi connectivity index (χ4v) is 3.42. The van der Waals surface area contributed by atoms with Gasteiger partial charge in [0.25, 0.3) is 0 Å². The number of aromatic hydroxyl groups is 1. The van der Waals surface area contributed by atoms with Crippen molar-refractivity contribution in [3.05, 3.63) is 52.0 Å². The van der Waals surface area contributed by atoms with Gasteiger partial charge in [-0.1, -0.05) is 23.2 Å². The fraction of sp³-hybridized carbons (Fsp3) is 0.0769. The number of benzene rings is 2. The van der Waals surface area contributed by atoms with Crippen molar-refractivity contribution in [2.75, 3.05) is 5.73 Å². The molecule has 112 valence electrons. The number of hydrogen-bond acceptors (Lipinski definition) is 4. The van der Waals surface area contributed by atoms with Crippen LogP contribution in [0.3, 0.4) is 0 Å². The van der Waals surface area contributed by atoms with Gasteiger partial charge in [0, 0.05) is 27.8 Å². The standard InChI is InChI=1S/C13H12Cl2N2O3S/c14-9-4-10(15)6-12(5-9)21(19,20)17-7-8-3-11(16)1-2-13(8)18/h1-6,17-18H,7,16H2. The Labute approximate surface area is 132 Å². The minimum atomic E-state index is -3.80. The van der Waals surface area contributed by atoms with Gasteiger partial charge in [-0.15, -0.1) is 0 Å². The molecule has 8 heteroatoms. The molecule has 0 saturated carbocycles. The third-order valence-electron chi connectivity index (χ3n) is 2.70. The Morgan fingerprint density at radius 3 is 2.33 bits per heavy atom. The Morgan fingerprint density at radius 1 is 1.10 bits per heavy atom. The number of halogens is 2. The van der Waals surface area contributed by atoms with Crippen molar-refractivity contribution in [1.82, 2.24) is 4.72 Å². The topological polar surface area (TPSA) is 92.4 Å². The third kappa shape index (κ3) is 4.01. The molecule has 5 nitrogen and oxygen atoms in total. The van der Waals surface area contributed by atoms with E-state index in [-0.39, 0.29) is 27.2 Å². The molecule has 2 aromatic carbocycles. The molecule has 4 N–H and O–H groups in total. The average molecular weight is 347 g/mol. The first-order valence-electron chi connectivity index (χ1n) is 5.81. The lowest BCUT2D eigenvalue weighted by molar-refractivity contribution is 0.467. The van der Waals surface area contributed by atoms with Gasteiger partial charge in [0.1, 0.15) is 5.75 Å². The Balaban J connectivity index is 2.23. The number of phenolic OH excluding ortho intramolecular Hbond substituents is 1. The van der Waals surface area contributed by atoms with Crippen LogP contribution in [0.5, 0.6) is 5.75 Å². The van der Waals surface area contributed by atoms with E-state index in [9.17, 15) is 13.5 Å². The molecule has 0 spiro atoms. The maximum absolute atomic E-state index is 12.2. The smallest absolute Gasteiger partial charge is 0.240 e. The van der Waals surface area contributed by atoms with Gasteiger partial charge in [-0.3, -0.25) is 0 Å². The van der Waals surface area contributed by atoms with Crippen LogP contribution < -0.4 is 10.5 Å². The quantitative estimate of drug-likeness (QED) is 0.586. The van der Waals surface area contributed by atoms with Crippen LogP contribution in [-0.4, -0.2) is 13.5 Å². The van der Waals surface area contributed by atoms with Gasteiger partial charge < -0.3 is 10.8 Å². The summed E-state index contributed by atoms with van der Waals surface area (Å²) in [6.07, 6.45) is 0. The van der Waals surface area contributed by atoms with Crippen molar-refractivity contribution in [2.45, 2.75) is 11.4 Å². The SMILES string of the molecule is Nc1ccc(O)c(CNS(=O)(=O)c2cc(Cl)cc(Cl)c2)c1. The zero-order valence-corrected chi connectivity index (χ0v) is 13.0. The van der Waals surface area contributed by atoms with Crippen molar-refractivity contribution in [1.29, 1.82) is 0 Å². The molecule has 0 aromatic heterocycles. The van der Waals surface area contributed by atoms with Crippen LogP contribution in [0.25, 0.3) is 0 Å². The summed E-state index contributed by atoms with van der Waals surface area (Å²) in [6.45, 7) is -0.108. The minimum absolute atomic E-state index is 0.0453. The maximum atomic E-state index is 12.2. The lowest BCUT2D eigenvalue weighted by Gasteiger charge is -2.09. The summed E-state index contributed by atoms with van der Waals surface area (Å²) in [6, 6.07) is 8.41. The molecule has 0 radical (unpaired) electrons. The zero-order valence-electron chi connectivity index (χ0n) is 10.7. The van der Waals surface area contributed by atoms with Crippen molar-refractivity contribution >= 4 is 38.9 Å². The van der Waals surface area contributed by atoms with E-state index < -0.39 is 10.0 Å². The normalized spacial score (nSPS) is 11.5. The molecule has 2 aromatic rings. The molecule has 0 unspecified atom stereocenters. The van der Waals surface area contributed by atoms with E-state index in [1.54, 1.807) is 0 Å². The minimum Gasteiger partial charge on any atom is -0.508 e. The van der Waals surface area contributed by atoms with Gasteiger partial charge in [0.05, 0.1) is 4.90 Å². The van der Waals surface area contributed by atoms with E-state index in [4.69, 9.17) is 28.9 Å². The van der Waals surface area contributed by atoms with Crippen molar-refractivity contribution in [3.63, 3.8) is 0 Å². The Kier molecular flexibility index (Phi) is 4.63. The number of sulfonamides is 1. The van der Waals surface area contributed by atoms with Crippen LogP contribution in [0.1, 0.15) is 5.56 Å². The van der Waals surface area contributed by atoms with E-state index in [1.807, 2.05) is 0 Å². The van der Waals surface area contributed by atoms with Gasteiger partial charge in [-0.2, -0.15) is 0 Å². The lowest BCUT2D eigenvalue weighted by Crippen LogP contribution is -2.23. The van der Waals surface area contributed by atoms with Crippen molar-refractivity contribution in [3.8, 4) is 5.75 Å². The fourth-order valence-electron chi connectivity index (χ4n) is 1.69. The lowest BCUT2D eigenvalue weighted by atomic mass is 10.2. The molecule has 0 fully saturated rings. The largest absolute Gasteiger partial charge is 0.508 e. The van der Waals surface area contributed by atoms with E-state index in [1.165, 1.54) is 36.4 Å². The molecule has 2 rings (SSSR count). The molecule has 0 atom stereocenters. The van der Waals surface area contributed by atoms with E-state index >= 15 is 0 Å². The summed E-state index contributed by atoms with van der Waals surface area (Å²) < 4.78 is 26.7. The summed E-state index contributed by atoms with van der Waals surface area (Å²) in [4.78, 5) is -0.0524. The number of hydrogen-bond donors (Lipinski definition) is 3. The first-order chi connectivity index (χ1) is 9.78. The monoisotopic (exact) mass is 346 g/mol. The third-order valence-corrected chi connectivity index (χ3v) is 4.52. The number of nitrogen functional groups attached to an aromatic ring is 1. The van der Waals surface area contributed by atoms with E-state index in [0.717, 1.165) is 0 Å². The molecule has 0 aliphatic heterocycles. The van der Waals surface area contributed by atoms with Crippen LogP contribution in [-0.2, 0) is 16.6 Å². The van der Waals surface area contributed by atoms with E-state index in [0.29, 0.717) is 11.3 Å². The van der Waals surface area contributed by atoms with Gasteiger partial charge >= 0.3 is 0 Å².